The van der Waals surface area contributed by atoms with E-state index in [0.717, 1.165) is 41.5 Å². The number of fused-ring (bicyclic) bond motifs is 4. The molecule has 138 valence electrons. The second kappa shape index (κ2) is 5.22. The van der Waals surface area contributed by atoms with Crippen LogP contribution in [0.5, 0.6) is 0 Å². The van der Waals surface area contributed by atoms with Crippen LogP contribution in [0, 0.1) is 0 Å². The van der Waals surface area contributed by atoms with Crippen LogP contribution in [0.4, 0.5) is 5.69 Å². The van der Waals surface area contributed by atoms with Crippen molar-refractivity contribution < 1.29 is 9.21 Å². The number of benzene rings is 2. The van der Waals surface area contributed by atoms with E-state index in [1.165, 1.54) is 28.8 Å². The van der Waals surface area contributed by atoms with E-state index in [9.17, 15) is 4.79 Å². The molecule has 0 fully saturated rings. The Morgan fingerprint density at radius 2 is 1.85 bits per heavy atom. The predicted octanol–water partition coefficient (Wildman–Crippen LogP) is 5.03. The van der Waals surface area contributed by atoms with E-state index < -0.39 is 11.0 Å². The Hall–Kier alpha value is -2.62. The lowest BCUT2D eigenvalue weighted by Gasteiger charge is -2.43. The number of nitrogens with zero attached hydrogens (tertiary/aromatic N) is 1. The lowest BCUT2D eigenvalue weighted by molar-refractivity contribution is -0.127. The molecule has 0 radical (unpaired) electrons. The zero-order chi connectivity index (χ0) is 19.0. The topological polar surface area (TPSA) is 55.1 Å². The Bertz CT molecular complexity index is 1110. The Morgan fingerprint density at radius 1 is 1.07 bits per heavy atom. The van der Waals surface area contributed by atoms with Crippen molar-refractivity contribution in [1.82, 2.24) is 4.98 Å². The quantitative estimate of drug-likeness (QED) is 0.661. The van der Waals surface area contributed by atoms with E-state index >= 15 is 0 Å². The molecule has 1 aromatic heterocycles. The van der Waals surface area contributed by atoms with Crippen LogP contribution in [-0.2, 0) is 23.1 Å². The molecule has 3 aromatic rings. The Kier molecular flexibility index (Phi) is 3.20. The van der Waals surface area contributed by atoms with E-state index in [0.29, 0.717) is 0 Å². The fraction of sp³-hybridized carbons (Fsp3) is 0.391. The van der Waals surface area contributed by atoms with Crippen LogP contribution in [0.1, 0.15) is 50.8 Å². The molecule has 2 heterocycles. The summed E-state index contributed by atoms with van der Waals surface area (Å²) in [6.07, 6.45) is 4.75. The SMILES string of the molecule is CC1(C)Nc2c(cc(-c3cccc4ncoc34)c3c2CCC3)C(C)(C)C1=O. The molecule has 0 atom stereocenters. The van der Waals surface area contributed by atoms with Crippen LogP contribution < -0.4 is 5.32 Å². The van der Waals surface area contributed by atoms with Gasteiger partial charge in [-0.3, -0.25) is 4.79 Å². The highest BCUT2D eigenvalue weighted by molar-refractivity contribution is 6.04. The van der Waals surface area contributed by atoms with Gasteiger partial charge in [-0.2, -0.15) is 0 Å². The van der Waals surface area contributed by atoms with Crippen LogP contribution in [0.15, 0.2) is 35.1 Å². The molecule has 0 bridgehead atoms. The van der Waals surface area contributed by atoms with Gasteiger partial charge in [0.1, 0.15) is 5.52 Å². The molecule has 2 aromatic carbocycles. The van der Waals surface area contributed by atoms with Crippen molar-refractivity contribution in [1.29, 1.82) is 0 Å². The van der Waals surface area contributed by atoms with Gasteiger partial charge in [0.25, 0.3) is 0 Å². The molecule has 0 saturated carbocycles. The summed E-state index contributed by atoms with van der Waals surface area (Å²) >= 11 is 0. The average molecular weight is 360 g/mol. The third kappa shape index (κ3) is 2.16. The number of aromatic nitrogens is 1. The predicted molar refractivity (Wildman–Crippen MR) is 107 cm³/mol. The highest BCUT2D eigenvalue weighted by Gasteiger charge is 2.47. The van der Waals surface area contributed by atoms with Crippen molar-refractivity contribution in [2.45, 2.75) is 57.9 Å². The van der Waals surface area contributed by atoms with Gasteiger partial charge >= 0.3 is 0 Å². The van der Waals surface area contributed by atoms with E-state index in [1.54, 1.807) is 0 Å². The van der Waals surface area contributed by atoms with Gasteiger partial charge in [-0.05, 0) is 81.3 Å². The first-order chi connectivity index (χ1) is 12.8. The number of hydrogen-bond acceptors (Lipinski definition) is 4. The number of anilines is 1. The molecule has 4 heteroatoms. The third-order valence-electron chi connectivity index (χ3n) is 6.30. The summed E-state index contributed by atoms with van der Waals surface area (Å²) in [5.74, 6) is 0.226. The summed E-state index contributed by atoms with van der Waals surface area (Å²) in [5.41, 5.74) is 7.87. The molecule has 5 rings (SSSR count). The lowest BCUT2D eigenvalue weighted by Crippen LogP contribution is -2.53. The molecule has 2 aliphatic rings. The summed E-state index contributed by atoms with van der Waals surface area (Å²) in [6.45, 7) is 8.09. The van der Waals surface area contributed by atoms with Gasteiger partial charge in [-0.1, -0.05) is 12.1 Å². The van der Waals surface area contributed by atoms with E-state index in [-0.39, 0.29) is 5.78 Å². The number of nitrogens with one attached hydrogen (secondary N) is 1. The smallest absolute Gasteiger partial charge is 0.182 e. The van der Waals surface area contributed by atoms with Crippen LogP contribution in [0.2, 0.25) is 0 Å². The average Bonchev–Trinajstić information content (AvgIpc) is 3.29. The summed E-state index contributed by atoms with van der Waals surface area (Å²) < 4.78 is 5.72. The highest BCUT2D eigenvalue weighted by Crippen LogP contribution is 2.48. The fourth-order valence-electron chi connectivity index (χ4n) is 5.03. The van der Waals surface area contributed by atoms with Crippen molar-refractivity contribution in [3.8, 4) is 11.1 Å². The molecule has 0 spiro atoms. The van der Waals surface area contributed by atoms with Crippen molar-refractivity contribution >= 4 is 22.6 Å². The molecule has 1 aliphatic carbocycles. The van der Waals surface area contributed by atoms with Gasteiger partial charge in [-0.25, -0.2) is 4.98 Å². The number of carbonyl (C=O) groups excluding carboxylic acids is 1. The lowest BCUT2D eigenvalue weighted by atomic mass is 9.68. The number of ketones is 1. The number of Topliss-reactive ketones (excluding diaryl/α,β-unsaturated/α-hetero) is 1. The van der Waals surface area contributed by atoms with E-state index in [1.807, 2.05) is 26.0 Å². The zero-order valence-corrected chi connectivity index (χ0v) is 16.3. The maximum Gasteiger partial charge on any atom is 0.182 e. The minimum Gasteiger partial charge on any atom is -0.443 e. The summed E-state index contributed by atoms with van der Waals surface area (Å²) in [4.78, 5) is 17.5. The Balaban J connectivity index is 1.84. The van der Waals surface area contributed by atoms with Gasteiger partial charge in [0.15, 0.2) is 17.8 Å². The maximum atomic E-state index is 13.2. The van der Waals surface area contributed by atoms with Crippen molar-refractivity contribution in [2.24, 2.45) is 0 Å². The summed E-state index contributed by atoms with van der Waals surface area (Å²) in [7, 11) is 0. The number of hydrogen-bond donors (Lipinski definition) is 1. The Labute approximate surface area is 159 Å². The zero-order valence-electron chi connectivity index (χ0n) is 16.3. The van der Waals surface area contributed by atoms with Crippen molar-refractivity contribution in [3.05, 3.63) is 47.3 Å². The van der Waals surface area contributed by atoms with Crippen molar-refractivity contribution in [2.75, 3.05) is 5.32 Å². The second-order valence-electron chi connectivity index (χ2n) is 8.87. The number of rotatable bonds is 1. The fourth-order valence-corrected chi connectivity index (χ4v) is 5.03. The minimum atomic E-state index is -0.556. The maximum absolute atomic E-state index is 13.2. The second-order valence-corrected chi connectivity index (χ2v) is 8.87. The standard InChI is InChI=1S/C23H24N2O2/c1-22(2)17-11-16(15-9-6-10-18-20(15)27-12-24-18)13-7-5-8-14(13)19(17)25-23(3,4)21(22)26/h6,9-12,25H,5,7-8H2,1-4H3. The third-order valence-corrected chi connectivity index (χ3v) is 6.30. The molecular weight excluding hydrogens is 336 g/mol. The number of oxazole rings is 1. The molecule has 0 amide bonds. The molecule has 0 unspecified atom stereocenters. The minimum absolute atomic E-state index is 0.226. The molecule has 1 aliphatic heterocycles. The Morgan fingerprint density at radius 3 is 2.67 bits per heavy atom. The normalized spacial score (nSPS) is 19.6. The summed E-state index contributed by atoms with van der Waals surface area (Å²) in [5, 5.41) is 3.57. The number of carbonyl (C=O) groups is 1. The molecule has 4 nitrogen and oxygen atoms in total. The van der Waals surface area contributed by atoms with Crippen LogP contribution in [-0.4, -0.2) is 16.3 Å². The van der Waals surface area contributed by atoms with E-state index in [2.05, 4.69) is 36.3 Å². The summed E-state index contributed by atoms with van der Waals surface area (Å²) in [6, 6.07) is 8.32. The first kappa shape index (κ1) is 16.5. The first-order valence-corrected chi connectivity index (χ1v) is 9.65. The van der Waals surface area contributed by atoms with E-state index in [4.69, 9.17) is 4.42 Å². The highest BCUT2D eigenvalue weighted by atomic mass is 16.3. The molecular formula is C23H24N2O2. The number of para-hydroxylation sites is 1. The van der Waals surface area contributed by atoms with Crippen LogP contribution in [0.3, 0.4) is 0 Å². The van der Waals surface area contributed by atoms with Gasteiger partial charge in [0, 0.05) is 11.3 Å². The van der Waals surface area contributed by atoms with Gasteiger partial charge in [-0.15, -0.1) is 0 Å². The van der Waals surface area contributed by atoms with Gasteiger partial charge in [0.05, 0.1) is 11.0 Å². The molecule has 1 N–H and O–H groups in total. The van der Waals surface area contributed by atoms with Crippen LogP contribution >= 0.6 is 0 Å². The molecule has 0 saturated heterocycles. The van der Waals surface area contributed by atoms with Gasteiger partial charge in [0.2, 0.25) is 0 Å². The first-order valence-electron chi connectivity index (χ1n) is 9.65. The van der Waals surface area contributed by atoms with Crippen molar-refractivity contribution in [3.63, 3.8) is 0 Å². The van der Waals surface area contributed by atoms with Gasteiger partial charge < -0.3 is 9.73 Å². The largest absolute Gasteiger partial charge is 0.443 e. The van der Waals surface area contributed by atoms with Crippen LogP contribution in [0.25, 0.3) is 22.2 Å². The monoisotopic (exact) mass is 360 g/mol. The molecule has 27 heavy (non-hydrogen) atoms.